The van der Waals surface area contributed by atoms with Crippen molar-refractivity contribution in [3.8, 4) is 11.5 Å². The molecule has 1 atom stereocenters. The molecule has 0 spiro atoms. The molecule has 2 aromatic rings. The largest absolute Gasteiger partial charge is 0.454 e. The zero-order chi connectivity index (χ0) is 22.3. The van der Waals surface area contributed by atoms with Crippen molar-refractivity contribution in [3.63, 3.8) is 0 Å². The van der Waals surface area contributed by atoms with Crippen LogP contribution in [-0.4, -0.2) is 24.4 Å². The number of nitrogens with one attached hydrogen (secondary N) is 1. The first kappa shape index (κ1) is 21.8. The Balaban J connectivity index is 1.81. The summed E-state index contributed by atoms with van der Waals surface area (Å²) in [6.45, 7) is 0.829. The van der Waals surface area contributed by atoms with E-state index >= 15 is 0 Å². The lowest BCUT2D eigenvalue weighted by molar-refractivity contribution is -0.143. The Morgan fingerprint density at radius 3 is 2.07 bits per heavy atom. The highest BCUT2D eigenvalue weighted by Crippen LogP contribution is 2.37. The van der Waals surface area contributed by atoms with Crippen LogP contribution in [0, 0.1) is 0 Å². The van der Waals surface area contributed by atoms with Gasteiger partial charge < -0.3 is 19.9 Å². The summed E-state index contributed by atoms with van der Waals surface area (Å²) < 4.78 is 88.0. The topological polar surface area (TPSA) is 67.8 Å². The van der Waals surface area contributed by atoms with E-state index in [9.17, 15) is 36.2 Å². The van der Waals surface area contributed by atoms with Crippen molar-refractivity contribution >= 4 is 5.91 Å². The second kappa shape index (κ2) is 7.38. The second-order valence-electron chi connectivity index (χ2n) is 6.82. The lowest BCUT2D eigenvalue weighted by Gasteiger charge is -2.24. The summed E-state index contributed by atoms with van der Waals surface area (Å²) in [5, 5.41) is 12.8. The Morgan fingerprint density at radius 1 is 0.933 bits per heavy atom. The molecule has 0 bridgehead atoms. The fourth-order valence-electron chi connectivity index (χ4n) is 2.77. The second-order valence-corrected chi connectivity index (χ2v) is 6.82. The summed E-state index contributed by atoms with van der Waals surface area (Å²) in [4.78, 5) is 12.3. The third-order valence-corrected chi connectivity index (χ3v) is 4.44. The highest BCUT2D eigenvalue weighted by Gasteiger charge is 2.37. The van der Waals surface area contributed by atoms with Crippen molar-refractivity contribution in [2.75, 3.05) is 13.3 Å². The molecule has 1 amide bonds. The molecule has 2 aromatic carbocycles. The standard InChI is InChI=1S/C19H15F6NO4/c1-17(28,11-2-3-14-15(7-11)30-9-29-14)8-26-16(27)10-4-12(18(20,21)22)6-13(5-10)19(23,24)25/h2-7,28H,8-9H2,1H3,(H,26,27)/t17-/m1/s1. The van der Waals surface area contributed by atoms with Crippen LogP contribution in [0.15, 0.2) is 36.4 Å². The fraction of sp³-hybridized carbons (Fsp3) is 0.316. The zero-order valence-corrected chi connectivity index (χ0v) is 15.3. The van der Waals surface area contributed by atoms with Crippen molar-refractivity contribution in [3.05, 3.63) is 58.7 Å². The molecule has 11 heteroatoms. The van der Waals surface area contributed by atoms with Gasteiger partial charge in [0.2, 0.25) is 6.79 Å². The lowest BCUT2D eigenvalue weighted by atomic mass is 9.95. The van der Waals surface area contributed by atoms with Gasteiger partial charge in [-0.1, -0.05) is 6.07 Å². The van der Waals surface area contributed by atoms with E-state index in [0.717, 1.165) is 0 Å². The zero-order valence-electron chi connectivity index (χ0n) is 15.3. The summed E-state index contributed by atoms with van der Waals surface area (Å²) in [6, 6.07) is 5.04. The predicted molar refractivity (Wildman–Crippen MR) is 90.9 cm³/mol. The molecule has 5 nitrogen and oxygen atoms in total. The summed E-state index contributed by atoms with van der Waals surface area (Å²) in [7, 11) is 0. The number of fused-ring (bicyclic) bond motifs is 1. The maximum absolute atomic E-state index is 12.9. The fourth-order valence-corrected chi connectivity index (χ4v) is 2.77. The van der Waals surface area contributed by atoms with E-state index in [1.807, 2.05) is 0 Å². The minimum atomic E-state index is -5.08. The number of aliphatic hydroxyl groups is 1. The van der Waals surface area contributed by atoms with Gasteiger partial charge in [0.15, 0.2) is 11.5 Å². The first-order chi connectivity index (χ1) is 13.8. The van der Waals surface area contributed by atoms with Crippen LogP contribution in [-0.2, 0) is 18.0 Å². The van der Waals surface area contributed by atoms with Crippen molar-refractivity contribution in [1.29, 1.82) is 0 Å². The Hall–Kier alpha value is -2.95. The van der Waals surface area contributed by atoms with Crippen LogP contribution in [0.3, 0.4) is 0 Å². The van der Waals surface area contributed by atoms with Gasteiger partial charge in [-0.2, -0.15) is 26.3 Å². The summed E-state index contributed by atoms with van der Waals surface area (Å²) in [6.07, 6.45) is -10.2. The molecule has 0 aromatic heterocycles. The molecule has 30 heavy (non-hydrogen) atoms. The molecular formula is C19H15F6NO4. The molecule has 3 rings (SSSR count). The maximum atomic E-state index is 12.9. The molecule has 0 fully saturated rings. The summed E-state index contributed by atoms with van der Waals surface area (Å²) in [5.41, 5.74) is -5.44. The third-order valence-electron chi connectivity index (χ3n) is 4.44. The number of halogens is 6. The molecule has 2 N–H and O–H groups in total. The van der Waals surface area contributed by atoms with E-state index in [-0.39, 0.29) is 12.9 Å². The highest BCUT2D eigenvalue weighted by atomic mass is 19.4. The molecule has 162 valence electrons. The van der Waals surface area contributed by atoms with E-state index < -0.39 is 47.1 Å². The van der Waals surface area contributed by atoms with Gasteiger partial charge in [-0.3, -0.25) is 4.79 Å². The van der Waals surface area contributed by atoms with Gasteiger partial charge >= 0.3 is 12.4 Å². The van der Waals surface area contributed by atoms with Crippen molar-refractivity contribution < 1.29 is 45.7 Å². The normalized spacial score (nSPS) is 15.6. The molecule has 0 aliphatic carbocycles. The van der Waals surface area contributed by atoms with Crippen LogP contribution in [0.5, 0.6) is 11.5 Å². The van der Waals surface area contributed by atoms with Crippen LogP contribution >= 0.6 is 0 Å². The number of hydrogen-bond acceptors (Lipinski definition) is 4. The van der Waals surface area contributed by atoms with Gasteiger partial charge in [0.05, 0.1) is 17.7 Å². The maximum Gasteiger partial charge on any atom is 0.416 e. The molecule has 0 saturated carbocycles. The number of benzene rings is 2. The van der Waals surface area contributed by atoms with Crippen LogP contribution < -0.4 is 14.8 Å². The van der Waals surface area contributed by atoms with Crippen LogP contribution in [0.2, 0.25) is 0 Å². The highest BCUT2D eigenvalue weighted by molar-refractivity contribution is 5.94. The van der Waals surface area contributed by atoms with E-state index in [2.05, 4.69) is 5.32 Å². The molecule has 1 aliphatic heterocycles. The Morgan fingerprint density at radius 2 is 1.50 bits per heavy atom. The van der Waals surface area contributed by atoms with Gasteiger partial charge in [-0.25, -0.2) is 0 Å². The van der Waals surface area contributed by atoms with Gasteiger partial charge in [0.25, 0.3) is 5.91 Å². The minimum Gasteiger partial charge on any atom is -0.454 e. The molecule has 0 unspecified atom stereocenters. The van der Waals surface area contributed by atoms with Gasteiger partial charge in [-0.05, 0) is 42.8 Å². The van der Waals surface area contributed by atoms with E-state index in [1.54, 1.807) is 0 Å². The Bertz CT molecular complexity index is 936. The number of carbonyl (C=O) groups excluding carboxylic acids is 1. The van der Waals surface area contributed by atoms with Gasteiger partial charge in [0.1, 0.15) is 5.60 Å². The van der Waals surface area contributed by atoms with E-state index in [0.29, 0.717) is 29.2 Å². The SMILES string of the molecule is C[C@@](O)(CNC(=O)c1cc(C(F)(F)F)cc(C(F)(F)F)c1)c1ccc2c(c1)OCO2. The monoisotopic (exact) mass is 435 g/mol. The van der Waals surface area contributed by atoms with Crippen LogP contribution in [0.1, 0.15) is 34.0 Å². The molecule has 0 saturated heterocycles. The summed E-state index contributed by atoms with van der Waals surface area (Å²) >= 11 is 0. The number of amides is 1. The number of hydrogen-bond donors (Lipinski definition) is 2. The van der Waals surface area contributed by atoms with Crippen molar-refractivity contribution in [1.82, 2.24) is 5.32 Å². The van der Waals surface area contributed by atoms with E-state index in [4.69, 9.17) is 9.47 Å². The summed E-state index contributed by atoms with van der Waals surface area (Å²) in [5.74, 6) is -0.401. The molecule has 1 aliphatic rings. The van der Waals surface area contributed by atoms with Gasteiger partial charge in [0, 0.05) is 5.56 Å². The van der Waals surface area contributed by atoms with Crippen molar-refractivity contribution in [2.45, 2.75) is 24.9 Å². The molecular weight excluding hydrogens is 420 g/mol. The van der Waals surface area contributed by atoms with E-state index in [1.165, 1.54) is 25.1 Å². The minimum absolute atomic E-state index is 0.00521. The quantitative estimate of drug-likeness (QED) is 0.710. The number of carbonyl (C=O) groups is 1. The predicted octanol–water partition coefficient (Wildman–Crippen LogP) is 4.09. The van der Waals surface area contributed by atoms with Crippen molar-refractivity contribution in [2.24, 2.45) is 0 Å². The van der Waals surface area contributed by atoms with Crippen LogP contribution in [0.25, 0.3) is 0 Å². The molecule has 0 radical (unpaired) electrons. The number of alkyl halides is 6. The van der Waals surface area contributed by atoms with Gasteiger partial charge in [-0.15, -0.1) is 0 Å². The Kier molecular flexibility index (Phi) is 5.35. The average Bonchev–Trinajstić information content (AvgIpc) is 3.12. The third kappa shape index (κ3) is 4.61. The Labute approximate surface area is 166 Å². The smallest absolute Gasteiger partial charge is 0.416 e. The average molecular weight is 435 g/mol. The lowest BCUT2D eigenvalue weighted by Crippen LogP contribution is -2.38. The van der Waals surface area contributed by atoms with Crippen LogP contribution in [0.4, 0.5) is 26.3 Å². The molecule has 1 heterocycles. The first-order valence-electron chi connectivity index (χ1n) is 8.47. The number of rotatable bonds is 4. The first-order valence-corrected chi connectivity index (χ1v) is 8.47. The number of ether oxygens (including phenoxy) is 2.